The minimum absolute atomic E-state index is 0.114. The lowest BCUT2D eigenvalue weighted by Crippen LogP contribution is -2.44. The van der Waals surface area contributed by atoms with Crippen LogP contribution in [0.3, 0.4) is 0 Å². The molecule has 0 aliphatic carbocycles. The van der Waals surface area contributed by atoms with Gasteiger partial charge >= 0.3 is 0 Å². The summed E-state index contributed by atoms with van der Waals surface area (Å²) in [4.78, 5) is 12.7. The summed E-state index contributed by atoms with van der Waals surface area (Å²) in [7, 11) is 0. The molecule has 1 heterocycles. The van der Waals surface area contributed by atoms with E-state index < -0.39 is 6.10 Å². The van der Waals surface area contributed by atoms with Crippen molar-refractivity contribution in [3.63, 3.8) is 0 Å². The van der Waals surface area contributed by atoms with E-state index in [0.717, 1.165) is 16.9 Å². The van der Waals surface area contributed by atoms with Crippen LogP contribution in [0.1, 0.15) is 44.4 Å². The second-order valence-corrected chi connectivity index (χ2v) is 7.82. The van der Waals surface area contributed by atoms with Crippen LogP contribution in [0.4, 0.5) is 0 Å². The third kappa shape index (κ3) is 4.31. The van der Waals surface area contributed by atoms with Crippen LogP contribution in [0.25, 0.3) is 0 Å². The number of carbonyl (C=O) groups is 1. The normalized spacial score (nSPS) is 19.0. The third-order valence-electron chi connectivity index (χ3n) is 4.43. The van der Waals surface area contributed by atoms with Crippen LogP contribution in [0.5, 0.6) is 11.5 Å². The summed E-state index contributed by atoms with van der Waals surface area (Å²) in [5, 5.41) is 3.75. The van der Waals surface area contributed by atoms with E-state index in [0.29, 0.717) is 17.2 Å². The molecule has 5 heteroatoms. The van der Waals surface area contributed by atoms with Crippen molar-refractivity contribution in [2.75, 3.05) is 0 Å². The van der Waals surface area contributed by atoms with E-state index in [2.05, 4.69) is 11.4 Å². The quantitative estimate of drug-likeness (QED) is 0.834. The first-order chi connectivity index (χ1) is 12.2. The Labute approximate surface area is 159 Å². The second kappa shape index (κ2) is 7.20. The highest BCUT2D eigenvalue weighted by Crippen LogP contribution is 2.39. The van der Waals surface area contributed by atoms with Gasteiger partial charge in [-0.1, -0.05) is 29.3 Å². The van der Waals surface area contributed by atoms with Gasteiger partial charge in [0.25, 0.3) is 5.91 Å². The number of aryl methyl sites for hydroxylation is 1. The van der Waals surface area contributed by atoms with Crippen molar-refractivity contribution < 1.29 is 14.3 Å². The molecule has 3 rings (SSSR count). The summed E-state index contributed by atoms with van der Waals surface area (Å²) in [6.07, 6.45) is 0.0819. The van der Waals surface area contributed by atoms with E-state index in [1.165, 1.54) is 0 Å². The molecular weight excluding hydrogens is 350 g/mol. The smallest absolute Gasteiger partial charge is 0.261 e. The number of hydrogen-bond acceptors (Lipinski definition) is 3. The van der Waals surface area contributed by atoms with Gasteiger partial charge < -0.3 is 14.8 Å². The summed E-state index contributed by atoms with van der Waals surface area (Å²) in [6.45, 7) is 7.84. The molecule has 1 aliphatic heterocycles. The minimum atomic E-state index is -0.615. The van der Waals surface area contributed by atoms with Crippen molar-refractivity contribution in [2.24, 2.45) is 0 Å². The van der Waals surface area contributed by atoms with Crippen LogP contribution in [-0.4, -0.2) is 17.6 Å². The summed E-state index contributed by atoms with van der Waals surface area (Å²) >= 11 is 5.88. The average molecular weight is 374 g/mol. The van der Waals surface area contributed by atoms with Gasteiger partial charge in [-0.15, -0.1) is 0 Å². The van der Waals surface area contributed by atoms with Crippen molar-refractivity contribution >= 4 is 17.5 Å². The summed E-state index contributed by atoms with van der Waals surface area (Å²) in [5.41, 5.74) is 1.80. The predicted molar refractivity (Wildman–Crippen MR) is 103 cm³/mol. The molecule has 138 valence electrons. The lowest BCUT2D eigenvalue weighted by atomic mass is 9.89. The maximum atomic E-state index is 12.7. The molecule has 0 aromatic heterocycles. The zero-order valence-corrected chi connectivity index (χ0v) is 16.3. The number of nitrogens with one attached hydrogen (secondary N) is 1. The Bertz CT molecular complexity index is 801. The number of fused-ring (bicyclic) bond motifs is 1. The zero-order chi connectivity index (χ0) is 18.9. The number of benzene rings is 2. The van der Waals surface area contributed by atoms with Crippen LogP contribution in [0.15, 0.2) is 42.5 Å². The lowest BCUT2D eigenvalue weighted by Gasteiger charge is -2.38. The van der Waals surface area contributed by atoms with Crippen LogP contribution >= 0.6 is 11.6 Å². The van der Waals surface area contributed by atoms with E-state index in [9.17, 15) is 4.79 Å². The van der Waals surface area contributed by atoms with Gasteiger partial charge in [0, 0.05) is 17.0 Å². The number of rotatable bonds is 4. The number of amides is 1. The molecule has 1 amide bonds. The van der Waals surface area contributed by atoms with Gasteiger partial charge in [0.1, 0.15) is 17.1 Å². The fourth-order valence-electron chi connectivity index (χ4n) is 3.16. The van der Waals surface area contributed by atoms with Gasteiger partial charge in [-0.3, -0.25) is 4.79 Å². The molecule has 0 radical (unpaired) electrons. The summed E-state index contributed by atoms with van der Waals surface area (Å²) < 4.78 is 11.8. The highest BCUT2D eigenvalue weighted by atomic mass is 35.5. The monoisotopic (exact) mass is 373 g/mol. The molecule has 0 unspecified atom stereocenters. The lowest BCUT2D eigenvalue weighted by molar-refractivity contribution is -0.128. The molecule has 0 saturated heterocycles. The maximum absolute atomic E-state index is 12.7. The fraction of sp³-hybridized carbons (Fsp3) is 0.381. The summed E-state index contributed by atoms with van der Waals surface area (Å²) in [5.74, 6) is 1.28. The predicted octanol–water partition coefficient (Wildman–Crippen LogP) is 4.83. The van der Waals surface area contributed by atoms with Crippen molar-refractivity contribution in [3.05, 3.63) is 58.6 Å². The van der Waals surface area contributed by atoms with Crippen LogP contribution in [0, 0.1) is 6.92 Å². The SMILES string of the molecule is Cc1ccc2c(c1)[C@@H](NC(=O)[C@@H](C)Oc1ccc(Cl)cc1)CC(C)(C)O2. The molecule has 2 aromatic rings. The topological polar surface area (TPSA) is 47.6 Å². The molecule has 0 spiro atoms. The number of ether oxygens (including phenoxy) is 2. The van der Waals surface area contributed by atoms with Crippen LogP contribution in [-0.2, 0) is 4.79 Å². The molecule has 0 fully saturated rings. The standard InChI is InChI=1S/C21H24ClNO3/c1-13-5-10-19-17(11-13)18(12-21(3,4)26-19)23-20(24)14(2)25-16-8-6-15(22)7-9-16/h5-11,14,18H,12H2,1-4H3,(H,23,24)/t14-,18+/m1/s1. The van der Waals surface area contributed by atoms with Crippen LogP contribution in [0.2, 0.25) is 5.02 Å². The average Bonchev–Trinajstić information content (AvgIpc) is 2.57. The van der Waals surface area contributed by atoms with E-state index in [-0.39, 0.29) is 17.6 Å². The highest BCUT2D eigenvalue weighted by molar-refractivity contribution is 6.30. The number of hydrogen-bond donors (Lipinski definition) is 1. The Kier molecular flexibility index (Phi) is 5.15. The number of carbonyl (C=O) groups excluding carboxylic acids is 1. The first-order valence-electron chi connectivity index (χ1n) is 8.76. The van der Waals surface area contributed by atoms with E-state index in [4.69, 9.17) is 21.1 Å². The van der Waals surface area contributed by atoms with Gasteiger partial charge in [0.2, 0.25) is 0 Å². The molecule has 0 bridgehead atoms. The van der Waals surface area contributed by atoms with Gasteiger partial charge in [-0.05, 0) is 58.0 Å². The Balaban J connectivity index is 1.74. The zero-order valence-electron chi connectivity index (χ0n) is 15.5. The van der Waals surface area contributed by atoms with Crippen LogP contribution < -0.4 is 14.8 Å². The number of halogens is 1. The Hall–Kier alpha value is -2.20. The molecule has 1 N–H and O–H groups in total. The Morgan fingerprint density at radius 3 is 2.65 bits per heavy atom. The molecule has 0 saturated carbocycles. The Morgan fingerprint density at radius 1 is 1.27 bits per heavy atom. The molecule has 2 aromatic carbocycles. The Morgan fingerprint density at radius 2 is 1.96 bits per heavy atom. The molecule has 4 nitrogen and oxygen atoms in total. The van der Waals surface area contributed by atoms with Crippen molar-refractivity contribution in [1.82, 2.24) is 5.32 Å². The van der Waals surface area contributed by atoms with E-state index in [1.54, 1.807) is 31.2 Å². The van der Waals surface area contributed by atoms with E-state index >= 15 is 0 Å². The maximum Gasteiger partial charge on any atom is 0.261 e. The largest absolute Gasteiger partial charge is 0.487 e. The first kappa shape index (κ1) is 18.6. The van der Waals surface area contributed by atoms with Crippen molar-refractivity contribution in [1.29, 1.82) is 0 Å². The third-order valence-corrected chi connectivity index (χ3v) is 4.69. The molecular formula is C21H24ClNO3. The summed E-state index contributed by atoms with van der Waals surface area (Å²) in [6, 6.07) is 12.9. The fourth-order valence-corrected chi connectivity index (χ4v) is 3.29. The minimum Gasteiger partial charge on any atom is -0.487 e. The van der Waals surface area contributed by atoms with Crippen molar-refractivity contribution in [2.45, 2.75) is 51.9 Å². The molecule has 26 heavy (non-hydrogen) atoms. The highest BCUT2D eigenvalue weighted by Gasteiger charge is 2.35. The van der Waals surface area contributed by atoms with Crippen molar-refractivity contribution in [3.8, 4) is 11.5 Å². The molecule has 2 atom stereocenters. The van der Waals surface area contributed by atoms with Gasteiger partial charge in [0.15, 0.2) is 6.10 Å². The first-order valence-corrected chi connectivity index (χ1v) is 9.13. The van der Waals surface area contributed by atoms with Gasteiger partial charge in [-0.2, -0.15) is 0 Å². The van der Waals surface area contributed by atoms with E-state index in [1.807, 2.05) is 32.9 Å². The van der Waals surface area contributed by atoms with Gasteiger partial charge in [-0.25, -0.2) is 0 Å². The molecule has 1 aliphatic rings. The van der Waals surface area contributed by atoms with Gasteiger partial charge in [0.05, 0.1) is 6.04 Å². The second-order valence-electron chi connectivity index (χ2n) is 7.38.